The number of nitrogens with zero attached hydrogens (tertiary/aromatic N) is 2. The topological polar surface area (TPSA) is 60.2 Å². The summed E-state index contributed by atoms with van der Waals surface area (Å²) in [6.07, 6.45) is 2.22. The molecule has 2 heterocycles. The molecule has 0 amide bonds. The Morgan fingerprint density at radius 2 is 2.10 bits per heavy atom. The zero-order valence-corrected chi connectivity index (χ0v) is 12.7. The number of hydrogen-bond donors (Lipinski definition) is 1. The van der Waals surface area contributed by atoms with Gasteiger partial charge in [-0.3, -0.25) is 0 Å². The molecule has 1 aromatic heterocycles. The van der Waals surface area contributed by atoms with E-state index in [0.717, 1.165) is 31.5 Å². The van der Waals surface area contributed by atoms with Crippen LogP contribution in [0.2, 0.25) is 5.02 Å². The molecule has 6 heteroatoms. The third-order valence-corrected chi connectivity index (χ3v) is 4.33. The fourth-order valence-corrected chi connectivity index (χ4v) is 2.86. The van der Waals surface area contributed by atoms with E-state index < -0.39 is 5.60 Å². The highest BCUT2D eigenvalue weighted by molar-refractivity contribution is 6.31. The molecular weight excluding hydrogens is 290 g/mol. The average molecular weight is 308 g/mol. The predicted octanol–water partition coefficient (Wildman–Crippen LogP) is 2.54. The Morgan fingerprint density at radius 3 is 2.81 bits per heavy atom. The highest BCUT2D eigenvalue weighted by atomic mass is 35.5. The van der Waals surface area contributed by atoms with Crippen molar-refractivity contribution in [3.8, 4) is 0 Å². The van der Waals surface area contributed by atoms with Gasteiger partial charge in [0.15, 0.2) is 5.82 Å². The van der Waals surface area contributed by atoms with Crippen molar-refractivity contribution in [1.82, 2.24) is 15.5 Å². The standard InChI is InChI=1S/C15H18ClN3O2/c1-20-15(6-8-17-9-7-15)14-18-13(19-21-14)10-11-4-2-3-5-12(11)16/h2-5,17H,6-10H2,1H3. The van der Waals surface area contributed by atoms with Crippen LogP contribution in [0, 0.1) is 0 Å². The first-order valence-corrected chi connectivity index (χ1v) is 7.44. The van der Waals surface area contributed by atoms with E-state index in [2.05, 4.69) is 15.5 Å². The summed E-state index contributed by atoms with van der Waals surface area (Å²) in [5.74, 6) is 1.20. The van der Waals surface area contributed by atoms with Gasteiger partial charge < -0.3 is 14.6 Å². The first-order chi connectivity index (χ1) is 10.2. The van der Waals surface area contributed by atoms with Crippen LogP contribution in [0.1, 0.15) is 30.1 Å². The van der Waals surface area contributed by atoms with Gasteiger partial charge in [-0.1, -0.05) is 35.0 Å². The number of piperidine rings is 1. The number of nitrogens with one attached hydrogen (secondary N) is 1. The molecule has 1 aliphatic heterocycles. The van der Waals surface area contributed by atoms with E-state index in [1.54, 1.807) is 7.11 Å². The van der Waals surface area contributed by atoms with Crippen molar-refractivity contribution >= 4 is 11.6 Å². The number of methoxy groups -OCH3 is 1. The maximum Gasteiger partial charge on any atom is 0.258 e. The normalized spacial score (nSPS) is 17.8. The van der Waals surface area contributed by atoms with E-state index in [1.807, 2.05) is 24.3 Å². The SMILES string of the molecule is COC1(c2nc(Cc3ccccc3Cl)no2)CCNCC1. The van der Waals surface area contributed by atoms with Crippen LogP contribution >= 0.6 is 11.6 Å². The Hall–Kier alpha value is -1.43. The van der Waals surface area contributed by atoms with Crippen LogP contribution < -0.4 is 5.32 Å². The molecular formula is C15H18ClN3O2. The molecule has 0 bridgehead atoms. The molecule has 0 radical (unpaired) electrons. The minimum Gasteiger partial charge on any atom is -0.368 e. The van der Waals surface area contributed by atoms with Crippen LogP contribution in [-0.4, -0.2) is 30.3 Å². The van der Waals surface area contributed by atoms with Crippen LogP contribution in [0.4, 0.5) is 0 Å². The van der Waals surface area contributed by atoms with Crippen LogP contribution in [0.5, 0.6) is 0 Å². The molecule has 0 spiro atoms. The van der Waals surface area contributed by atoms with Crippen molar-refractivity contribution < 1.29 is 9.26 Å². The third kappa shape index (κ3) is 2.95. The first kappa shape index (κ1) is 14.5. The van der Waals surface area contributed by atoms with Crippen LogP contribution in [0.25, 0.3) is 0 Å². The van der Waals surface area contributed by atoms with Gasteiger partial charge in [0.1, 0.15) is 5.60 Å². The average Bonchev–Trinajstić information content (AvgIpc) is 2.99. The summed E-state index contributed by atoms with van der Waals surface area (Å²) in [6, 6.07) is 7.68. The Balaban J connectivity index is 1.81. The van der Waals surface area contributed by atoms with E-state index in [4.69, 9.17) is 20.9 Å². The lowest BCUT2D eigenvalue weighted by Gasteiger charge is -2.32. The zero-order chi connectivity index (χ0) is 14.7. The van der Waals surface area contributed by atoms with Gasteiger partial charge in [-0.05, 0) is 37.6 Å². The monoisotopic (exact) mass is 307 g/mol. The molecule has 1 fully saturated rings. The van der Waals surface area contributed by atoms with Crippen LogP contribution in [-0.2, 0) is 16.8 Å². The largest absolute Gasteiger partial charge is 0.368 e. The first-order valence-electron chi connectivity index (χ1n) is 7.06. The van der Waals surface area contributed by atoms with Crippen molar-refractivity contribution in [1.29, 1.82) is 0 Å². The van der Waals surface area contributed by atoms with E-state index in [1.165, 1.54) is 0 Å². The fourth-order valence-electron chi connectivity index (χ4n) is 2.66. The smallest absolute Gasteiger partial charge is 0.258 e. The highest BCUT2D eigenvalue weighted by Gasteiger charge is 2.39. The summed E-state index contributed by atoms with van der Waals surface area (Å²) in [7, 11) is 1.70. The van der Waals surface area contributed by atoms with Crippen molar-refractivity contribution in [3.63, 3.8) is 0 Å². The zero-order valence-electron chi connectivity index (χ0n) is 11.9. The molecule has 2 aromatic rings. The number of hydrogen-bond acceptors (Lipinski definition) is 5. The van der Waals surface area contributed by atoms with Crippen molar-refractivity contribution in [2.24, 2.45) is 0 Å². The number of rotatable bonds is 4. The Labute approximate surface area is 128 Å². The molecule has 3 rings (SSSR count). The fraction of sp³-hybridized carbons (Fsp3) is 0.467. The lowest BCUT2D eigenvalue weighted by molar-refractivity contribution is -0.0622. The molecule has 0 unspecified atom stereocenters. The number of aromatic nitrogens is 2. The molecule has 0 saturated carbocycles. The molecule has 1 aromatic carbocycles. The summed E-state index contributed by atoms with van der Waals surface area (Å²) < 4.78 is 11.1. The summed E-state index contributed by atoms with van der Waals surface area (Å²) >= 11 is 6.17. The minimum atomic E-state index is -0.461. The Kier molecular flexibility index (Phi) is 4.24. The molecule has 112 valence electrons. The van der Waals surface area contributed by atoms with E-state index >= 15 is 0 Å². The summed E-state index contributed by atoms with van der Waals surface area (Å²) in [6.45, 7) is 1.77. The van der Waals surface area contributed by atoms with E-state index in [0.29, 0.717) is 23.2 Å². The lowest BCUT2D eigenvalue weighted by Crippen LogP contribution is -2.41. The van der Waals surface area contributed by atoms with E-state index in [-0.39, 0.29) is 0 Å². The van der Waals surface area contributed by atoms with Gasteiger partial charge >= 0.3 is 0 Å². The molecule has 1 aliphatic rings. The second kappa shape index (κ2) is 6.13. The maximum absolute atomic E-state index is 6.17. The molecule has 1 N–H and O–H groups in total. The van der Waals surface area contributed by atoms with Gasteiger partial charge in [-0.2, -0.15) is 4.98 Å². The van der Waals surface area contributed by atoms with Crippen molar-refractivity contribution in [3.05, 3.63) is 46.6 Å². The summed E-state index contributed by atoms with van der Waals surface area (Å²) in [5.41, 5.74) is 0.528. The molecule has 0 atom stereocenters. The quantitative estimate of drug-likeness (QED) is 0.940. The Morgan fingerprint density at radius 1 is 1.33 bits per heavy atom. The number of halogens is 1. The lowest BCUT2D eigenvalue weighted by atomic mass is 9.92. The predicted molar refractivity (Wildman–Crippen MR) is 79.3 cm³/mol. The van der Waals surface area contributed by atoms with Crippen molar-refractivity contribution in [2.75, 3.05) is 20.2 Å². The van der Waals surface area contributed by atoms with Crippen molar-refractivity contribution in [2.45, 2.75) is 24.9 Å². The second-order valence-electron chi connectivity index (χ2n) is 5.23. The van der Waals surface area contributed by atoms with Gasteiger partial charge in [0.05, 0.1) is 0 Å². The van der Waals surface area contributed by atoms with Gasteiger partial charge in [0.2, 0.25) is 0 Å². The molecule has 21 heavy (non-hydrogen) atoms. The third-order valence-electron chi connectivity index (χ3n) is 3.97. The van der Waals surface area contributed by atoms with Gasteiger partial charge in [0.25, 0.3) is 5.89 Å². The van der Waals surface area contributed by atoms with Gasteiger partial charge in [-0.15, -0.1) is 0 Å². The Bertz CT molecular complexity index is 608. The van der Waals surface area contributed by atoms with Gasteiger partial charge in [0, 0.05) is 18.6 Å². The van der Waals surface area contributed by atoms with Crippen LogP contribution in [0.15, 0.2) is 28.8 Å². The number of benzene rings is 1. The second-order valence-corrected chi connectivity index (χ2v) is 5.64. The molecule has 0 aliphatic carbocycles. The minimum absolute atomic E-state index is 0.461. The molecule has 1 saturated heterocycles. The maximum atomic E-state index is 6.17. The van der Waals surface area contributed by atoms with E-state index in [9.17, 15) is 0 Å². The molecule has 5 nitrogen and oxygen atoms in total. The van der Waals surface area contributed by atoms with Gasteiger partial charge in [-0.25, -0.2) is 0 Å². The van der Waals surface area contributed by atoms with Crippen LogP contribution in [0.3, 0.4) is 0 Å². The summed E-state index contributed by atoms with van der Waals surface area (Å²) in [5, 5.41) is 8.10. The number of ether oxygens (including phenoxy) is 1. The summed E-state index contributed by atoms with van der Waals surface area (Å²) in [4.78, 5) is 4.52. The highest BCUT2D eigenvalue weighted by Crippen LogP contribution is 2.33.